The maximum Gasteiger partial charge on any atom is 0.166 e. The Labute approximate surface area is 109 Å². The van der Waals surface area contributed by atoms with Crippen LogP contribution in [-0.4, -0.2) is 12.9 Å². The molecule has 2 nitrogen and oxygen atoms in total. The van der Waals surface area contributed by atoms with E-state index in [9.17, 15) is 4.79 Å². The Hall–Kier alpha value is -1.57. The minimum Gasteiger partial charge on any atom is -0.496 e. The molecule has 0 N–H and O–H groups in total. The number of hydrogen-bond acceptors (Lipinski definition) is 2. The van der Waals surface area contributed by atoms with Gasteiger partial charge in [0.15, 0.2) is 5.78 Å². The van der Waals surface area contributed by atoms with E-state index in [0.29, 0.717) is 5.78 Å². The van der Waals surface area contributed by atoms with E-state index in [4.69, 9.17) is 4.74 Å². The topological polar surface area (TPSA) is 26.3 Å². The van der Waals surface area contributed by atoms with Crippen LogP contribution in [0.4, 0.5) is 0 Å². The van der Waals surface area contributed by atoms with Crippen LogP contribution in [0.1, 0.15) is 41.6 Å². The molecule has 0 fully saturated rings. The number of unbranched alkanes of at least 4 members (excludes halogenated alkanes) is 1. The monoisotopic (exact) mass is 244 g/mol. The van der Waals surface area contributed by atoms with Gasteiger partial charge in [-0.15, -0.1) is 6.58 Å². The predicted octanol–water partition coefficient (Wildman–Crippen LogP) is 3.80. The maximum atomic E-state index is 12.4. The summed E-state index contributed by atoms with van der Waals surface area (Å²) in [6, 6.07) is 5.77. The Morgan fingerprint density at radius 1 is 1.50 bits per heavy atom. The van der Waals surface area contributed by atoms with Gasteiger partial charge in [0.1, 0.15) is 5.75 Å². The third kappa shape index (κ3) is 2.47. The van der Waals surface area contributed by atoms with Gasteiger partial charge in [0, 0.05) is 17.0 Å². The number of benzene rings is 1. The summed E-state index contributed by atoms with van der Waals surface area (Å²) in [5.41, 5.74) is 1.95. The van der Waals surface area contributed by atoms with Crippen LogP contribution in [0.2, 0.25) is 0 Å². The molecule has 0 aliphatic heterocycles. The van der Waals surface area contributed by atoms with Crippen LogP contribution in [-0.2, 0) is 6.42 Å². The second-order valence-electron chi connectivity index (χ2n) is 4.81. The van der Waals surface area contributed by atoms with Crippen molar-refractivity contribution in [2.24, 2.45) is 5.92 Å². The van der Waals surface area contributed by atoms with Crippen molar-refractivity contribution in [3.63, 3.8) is 0 Å². The summed E-state index contributed by atoms with van der Waals surface area (Å²) < 4.78 is 5.33. The summed E-state index contributed by atoms with van der Waals surface area (Å²) in [6.45, 7) is 3.72. The van der Waals surface area contributed by atoms with Crippen LogP contribution in [0.5, 0.6) is 5.75 Å². The zero-order chi connectivity index (χ0) is 13.0. The quantitative estimate of drug-likeness (QED) is 0.581. The molecule has 2 rings (SSSR count). The highest BCUT2D eigenvalue weighted by molar-refractivity contribution is 6.00. The van der Waals surface area contributed by atoms with E-state index in [1.165, 1.54) is 0 Å². The molecule has 0 saturated carbocycles. The highest BCUT2D eigenvalue weighted by Gasteiger charge is 2.28. The molecule has 0 radical (unpaired) electrons. The van der Waals surface area contributed by atoms with Crippen molar-refractivity contribution in [1.82, 2.24) is 0 Å². The number of carbonyl (C=O) groups is 1. The van der Waals surface area contributed by atoms with Crippen LogP contribution in [0, 0.1) is 5.92 Å². The minimum atomic E-state index is 0.185. The van der Waals surface area contributed by atoms with Crippen molar-refractivity contribution in [3.05, 3.63) is 42.0 Å². The smallest absolute Gasteiger partial charge is 0.166 e. The van der Waals surface area contributed by atoms with Gasteiger partial charge in [-0.3, -0.25) is 4.79 Å². The van der Waals surface area contributed by atoms with Crippen molar-refractivity contribution >= 4 is 5.78 Å². The lowest BCUT2D eigenvalue weighted by Gasteiger charge is -2.24. The van der Waals surface area contributed by atoms with Gasteiger partial charge in [0.05, 0.1) is 7.11 Å². The van der Waals surface area contributed by atoms with E-state index in [2.05, 4.69) is 6.58 Å². The predicted molar refractivity (Wildman–Crippen MR) is 73.2 cm³/mol. The summed E-state index contributed by atoms with van der Waals surface area (Å²) in [6.07, 6.45) is 6.84. The summed E-state index contributed by atoms with van der Waals surface area (Å²) >= 11 is 0. The Bertz CT molecular complexity index is 448. The fraction of sp³-hybridized carbons (Fsp3) is 0.438. The fourth-order valence-corrected chi connectivity index (χ4v) is 2.70. The van der Waals surface area contributed by atoms with Gasteiger partial charge in [0.2, 0.25) is 0 Å². The van der Waals surface area contributed by atoms with Gasteiger partial charge >= 0.3 is 0 Å². The fourth-order valence-electron chi connectivity index (χ4n) is 2.70. The normalized spacial score (nSPS) is 18.3. The molecule has 1 atom stereocenters. The molecule has 18 heavy (non-hydrogen) atoms. The zero-order valence-electron chi connectivity index (χ0n) is 10.9. The van der Waals surface area contributed by atoms with Crippen molar-refractivity contribution in [2.75, 3.05) is 7.11 Å². The molecule has 0 aromatic heterocycles. The van der Waals surface area contributed by atoms with Crippen LogP contribution in [0.15, 0.2) is 30.9 Å². The molecule has 0 saturated heterocycles. The Kier molecular flexibility index (Phi) is 4.19. The molecular formula is C16H20O2. The van der Waals surface area contributed by atoms with Crippen LogP contribution < -0.4 is 4.74 Å². The molecule has 1 aliphatic carbocycles. The molecule has 0 bridgehead atoms. The average Bonchev–Trinajstić information content (AvgIpc) is 2.41. The molecule has 0 spiro atoms. The SMILES string of the molecule is C=CCCCC1CCc2c(OC)cccc2C1=O. The summed E-state index contributed by atoms with van der Waals surface area (Å²) in [4.78, 5) is 12.4. The highest BCUT2D eigenvalue weighted by Crippen LogP contribution is 2.33. The van der Waals surface area contributed by atoms with Gasteiger partial charge in [0.25, 0.3) is 0 Å². The van der Waals surface area contributed by atoms with E-state index in [0.717, 1.165) is 49.0 Å². The molecule has 1 aromatic carbocycles. The Morgan fingerprint density at radius 3 is 3.06 bits per heavy atom. The lowest BCUT2D eigenvalue weighted by Crippen LogP contribution is -2.23. The van der Waals surface area contributed by atoms with Gasteiger partial charge in [-0.05, 0) is 38.2 Å². The number of carbonyl (C=O) groups excluding carboxylic acids is 1. The highest BCUT2D eigenvalue weighted by atomic mass is 16.5. The van der Waals surface area contributed by atoms with Crippen LogP contribution in [0.3, 0.4) is 0 Å². The number of methoxy groups -OCH3 is 1. The maximum absolute atomic E-state index is 12.4. The molecule has 2 heteroatoms. The van der Waals surface area contributed by atoms with E-state index >= 15 is 0 Å². The first-order valence-corrected chi connectivity index (χ1v) is 6.59. The van der Waals surface area contributed by atoms with Crippen LogP contribution >= 0.6 is 0 Å². The number of hydrogen-bond donors (Lipinski definition) is 0. The summed E-state index contributed by atoms with van der Waals surface area (Å²) in [5.74, 6) is 1.33. The van der Waals surface area contributed by atoms with Crippen molar-refractivity contribution < 1.29 is 9.53 Å². The first-order chi connectivity index (χ1) is 8.77. The number of ether oxygens (including phenoxy) is 1. The van der Waals surface area contributed by atoms with E-state index in [-0.39, 0.29) is 5.92 Å². The zero-order valence-corrected chi connectivity index (χ0v) is 10.9. The lowest BCUT2D eigenvalue weighted by atomic mass is 9.80. The van der Waals surface area contributed by atoms with Crippen molar-refractivity contribution in [2.45, 2.75) is 32.1 Å². The molecule has 1 aliphatic rings. The van der Waals surface area contributed by atoms with Crippen molar-refractivity contribution in [3.8, 4) is 5.75 Å². The second-order valence-corrected chi connectivity index (χ2v) is 4.81. The van der Waals surface area contributed by atoms with E-state index < -0.39 is 0 Å². The Morgan fingerprint density at radius 2 is 2.33 bits per heavy atom. The largest absolute Gasteiger partial charge is 0.496 e. The van der Waals surface area contributed by atoms with Gasteiger partial charge in [-0.1, -0.05) is 18.2 Å². The number of ketones is 1. The summed E-state index contributed by atoms with van der Waals surface area (Å²) in [7, 11) is 1.66. The van der Waals surface area contributed by atoms with Gasteiger partial charge in [-0.25, -0.2) is 0 Å². The van der Waals surface area contributed by atoms with Gasteiger partial charge < -0.3 is 4.74 Å². The minimum absolute atomic E-state index is 0.185. The van der Waals surface area contributed by atoms with E-state index in [1.807, 2.05) is 24.3 Å². The van der Waals surface area contributed by atoms with E-state index in [1.54, 1.807) is 7.11 Å². The first-order valence-electron chi connectivity index (χ1n) is 6.59. The number of allylic oxidation sites excluding steroid dienone is 1. The van der Waals surface area contributed by atoms with Crippen molar-refractivity contribution in [1.29, 1.82) is 0 Å². The van der Waals surface area contributed by atoms with Gasteiger partial charge in [-0.2, -0.15) is 0 Å². The lowest BCUT2D eigenvalue weighted by molar-refractivity contribution is 0.0892. The summed E-state index contributed by atoms with van der Waals surface area (Å²) in [5, 5.41) is 0. The van der Waals surface area contributed by atoms with Crippen LogP contribution in [0.25, 0.3) is 0 Å². The second kappa shape index (κ2) is 5.85. The third-order valence-electron chi connectivity index (χ3n) is 3.69. The number of fused-ring (bicyclic) bond motifs is 1. The molecule has 0 amide bonds. The molecular weight excluding hydrogens is 224 g/mol. The number of Topliss-reactive ketones (excluding diaryl/α,β-unsaturated/α-hetero) is 1. The first kappa shape index (κ1) is 12.9. The average molecular weight is 244 g/mol. The standard InChI is InChI=1S/C16H20O2/c1-3-4-5-7-12-10-11-13-14(16(12)17)8-6-9-15(13)18-2/h3,6,8-9,12H,1,4-5,7,10-11H2,2H3. The molecule has 0 heterocycles. The third-order valence-corrected chi connectivity index (χ3v) is 3.69. The number of rotatable bonds is 5. The molecule has 1 unspecified atom stereocenters. The molecule has 96 valence electrons. The molecule has 1 aromatic rings. The Balaban J connectivity index is 2.15.